The normalized spacial score (nSPS) is 18.4. The van der Waals surface area contributed by atoms with Crippen molar-refractivity contribution in [2.24, 2.45) is 0 Å². The summed E-state index contributed by atoms with van der Waals surface area (Å²) in [5.41, 5.74) is 2.54. The molecule has 0 bridgehead atoms. The van der Waals surface area contributed by atoms with Gasteiger partial charge in [0.2, 0.25) is 5.91 Å². The minimum absolute atomic E-state index is 0.210. The van der Waals surface area contributed by atoms with Crippen molar-refractivity contribution in [1.82, 2.24) is 9.78 Å². The van der Waals surface area contributed by atoms with E-state index in [-0.39, 0.29) is 11.8 Å². The fraction of sp³-hybridized carbons (Fsp3) is 0.227. The molecule has 1 aliphatic rings. The maximum Gasteiger partial charge on any atom is 0.252 e. The molecule has 1 unspecified atom stereocenters. The SMILES string of the molecule is CCN1C(=O)C(C)(C(=O)Nc2cnn(Cc3ccccc3)c2)Sc2ccccc21. The number of amides is 2. The Morgan fingerprint density at radius 3 is 2.62 bits per heavy atom. The molecule has 2 heterocycles. The molecule has 4 rings (SSSR count). The number of fused-ring (bicyclic) bond motifs is 1. The van der Waals surface area contributed by atoms with Gasteiger partial charge in [-0.1, -0.05) is 54.2 Å². The van der Waals surface area contributed by atoms with Crippen molar-refractivity contribution in [2.45, 2.75) is 30.0 Å². The molecular formula is C22H22N4O2S. The Kier molecular flexibility index (Phi) is 5.15. The Morgan fingerprint density at radius 2 is 1.86 bits per heavy atom. The number of rotatable bonds is 5. The lowest BCUT2D eigenvalue weighted by Gasteiger charge is -2.38. The highest BCUT2D eigenvalue weighted by Crippen LogP contribution is 2.45. The molecular weight excluding hydrogens is 384 g/mol. The van der Waals surface area contributed by atoms with Gasteiger partial charge in [-0.3, -0.25) is 14.3 Å². The number of nitrogens with zero attached hydrogens (tertiary/aromatic N) is 3. The molecule has 0 fully saturated rings. The van der Waals surface area contributed by atoms with Crippen LogP contribution in [0.1, 0.15) is 19.4 Å². The zero-order valence-electron chi connectivity index (χ0n) is 16.3. The monoisotopic (exact) mass is 406 g/mol. The lowest BCUT2D eigenvalue weighted by molar-refractivity contribution is -0.128. The maximum atomic E-state index is 13.1. The third-order valence-electron chi connectivity index (χ3n) is 4.95. The zero-order chi connectivity index (χ0) is 20.4. The number of aromatic nitrogens is 2. The van der Waals surface area contributed by atoms with Crippen molar-refractivity contribution < 1.29 is 9.59 Å². The number of anilines is 2. The molecule has 6 nitrogen and oxygen atoms in total. The smallest absolute Gasteiger partial charge is 0.252 e. The quantitative estimate of drug-likeness (QED) is 0.655. The van der Waals surface area contributed by atoms with E-state index in [1.165, 1.54) is 11.8 Å². The van der Waals surface area contributed by atoms with Crippen LogP contribution in [0.5, 0.6) is 0 Å². The molecule has 2 aromatic carbocycles. The Labute approximate surface area is 173 Å². The summed E-state index contributed by atoms with van der Waals surface area (Å²) in [7, 11) is 0. The van der Waals surface area contributed by atoms with Crippen molar-refractivity contribution in [2.75, 3.05) is 16.8 Å². The minimum atomic E-state index is -1.24. The summed E-state index contributed by atoms with van der Waals surface area (Å²) in [6.45, 7) is 4.71. The highest BCUT2D eigenvalue weighted by molar-refractivity contribution is 8.02. The molecule has 0 aliphatic carbocycles. The summed E-state index contributed by atoms with van der Waals surface area (Å²) in [5.74, 6) is -0.558. The first-order valence-electron chi connectivity index (χ1n) is 9.49. The average Bonchev–Trinajstić information content (AvgIpc) is 3.16. The molecule has 7 heteroatoms. The van der Waals surface area contributed by atoms with Crippen LogP contribution in [0.2, 0.25) is 0 Å². The molecule has 1 aromatic heterocycles. The number of thioether (sulfide) groups is 1. The van der Waals surface area contributed by atoms with E-state index in [0.717, 1.165) is 16.1 Å². The number of carbonyl (C=O) groups is 2. The second-order valence-electron chi connectivity index (χ2n) is 7.02. The van der Waals surface area contributed by atoms with E-state index in [4.69, 9.17) is 0 Å². The van der Waals surface area contributed by atoms with Crippen LogP contribution < -0.4 is 10.2 Å². The molecule has 0 saturated heterocycles. The Bertz CT molecular complexity index is 1050. The molecule has 1 aliphatic heterocycles. The van der Waals surface area contributed by atoms with E-state index in [1.807, 2.05) is 61.5 Å². The molecule has 148 valence electrons. The van der Waals surface area contributed by atoms with E-state index in [1.54, 1.807) is 28.9 Å². The summed E-state index contributed by atoms with van der Waals surface area (Å²) in [4.78, 5) is 28.9. The predicted molar refractivity (Wildman–Crippen MR) is 115 cm³/mol. The van der Waals surface area contributed by atoms with Crippen LogP contribution in [0.25, 0.3) is 0 Å². The van der Waals surface area contributed by atoms with Gasteiger partial charge in [0, 0.05) is 17.6 Å². The Hall–Kier alpha value is -3.06. The third-order valence-corrected chi connectivity index (χ3v) is 6.28. The summed E-state index contributed by atoms with van der Waals surface area (Å²) >= 11 is 1.29. The van der Waals surface area contributed by atoms with Gasteiger partial charge in [-0.25, -0.2) is 0 Å². The van der Waals surface area contributed by atoms with Gasteiger partial charge < -0.3 is 10.2 Å². The number of hydrogen-bond donors (Lipinski definition) is 1. The van der Waals surface area contributed by atoms with Gasteiger partial charge in [0.25, 0.3) is 5.91 Å². The Morgan fingerprint density at radius 1 is 1.14 bits per heavy atom. The predicted octanol–water partition coefficient (Wildman–Crippen LogP) is 3.79. The fourth-order valence-electron chi connectivity index (χ4n) is 3.39. The van der Waals surface area contributed by atoms with Gasteiger partial charge in [-0.2, -0.15) is 5.10 Å². The fourth-order valence-corrected chi connectivity index (χ4v) is 4.60. The number of benzene rings is 2. The number of carbonyl (C=O) groups excluding carboxylic acids is 2. The second-order valence-corrected chi connectivity index (χ2v) is 8.48. The van der Waals surface area contributed by atoms with E-state index in [9.17, 15) is 9.59 Å². The van der Waals surface area contributed by atoms with Crippen molar-refractivity contribution >= 4 is 35.0 Å². The summed E-state index contributed by atoms with van der Waals surface area (Å²) < 4.78 is 0.517. The molecule has 1 atom stereocenters. The van der Waals surface area contributed by atoms with Crippen LogP contribution in [0.4, 0.5) is 11.4 Å². The third kappa shape index (κ3) is 3.65. The van der Waals surface area contributed by atoms with Crippen LogP contribution in [-0.4, -0.2) is 32.9 Å². The molecule has 1 N–H and O–H groups in total. The van der Waals surface area contributed by atoms with Crippen molar-refractivity contribution in [3.63, 3.8) is 0 Å². The van der Waals surface area contributed by atoms with Gasteiger partial charge >= 0.3 is 0 Å². The summed E-state index contributed by atoms with van der Waals surface area (Å²) in [5, 5.41) is 7.19. The standard InChI is InChI=1S/C22H22N4O2S/c1-3-26-18-11-7-8-12-19(18)29-22(2,21(26)28)20(27)24-17-13-23-25(15-17)14-16-9-5-4-6-10-16/h4-13,15H,3,14H2,1-2H3,(H,24,27). The van der Waals surface area contributed by atoms with Crippen LogP contribution >= 0.6 is 11.8 Å². The first-order chi connectivity index (χ1) is 14.0. The topological polar surface area (TPSA) is 67.2 Å². The lowest BCUT2D eigenvalue weighted by Crippen LogP contribution is -2.54. The van der Waals surface area contributed by atoms with Crippen molar-refractivity contribution in [3.05, 3.63) is 72.6 Å². The highest BCUT2D eigenvalue weighted by Gasteiger charge is 2.48. The zero-order valence-corrected chi connectivity index (χ0v) is 17.1. The van der Waals surface area contributed by atoms with E-state index in [2.05, 4.69) is 10.4 Å². The molecule has 0 radical (unpaired) electrons. The molecule has 0 saturated carbocycles. The van der Waals surface area contributed by atoms with E-state index >= 15 is 0 Å². The van der Waals surface area contributed by atoms with Gasteiger partial charge in [0.05, 0.1) is 24.1 Å². The highest BCUT2D eigenvalue weighted by atomic mass is 32.2. The van der Waals surface area contributed by atoms with Crippen LogP contribution in [0.3, 0.4) is 0 Å². The summed E-state index contributed by atoms with van der Waals surface area (Å²) in [6, 6.07) is 17.6. The number of nitrogens with one attached hydrogen (secondary N) is 1. The van der Waals surface area contributed by atoms with Gasteiger partial charge in [0.15, 0.2) is 4.75 Å². The minimum Gasteiger partial charge on any atom is -0.322 e. The van der Waals surface area contributed by atoms with Gasteiger partial charge in [-0.05, 0) is 31.5 Å². The van der Waals surface area contributed by atoms with Crippen LogP contribution in [-0.2, 0) is 16.1 Å². The van der Waals surface area contributed by atoms with Crippen molar-refractivity contribution in [1.29, 1.82) is 0 Å². The average molecular weight is 407 g/mol. The van der Waals surface area contributed by atoms with Crippen molar-refractivity contribution in [3.8, 4) is 0 Å². The largest absolute Gasteiger partial charge is 0.322 e. The summed E-state index contributed by atoms with van der Waals surface area (Å²) in [6.07, 6.45) is 3.38. The second kappa shape index (κ2) is 7.75. The number of hydrogen-bond acceptors (Lipinski definition) is 4. The van der Waals surface area contributed by atoms with Gasteiger partial charge in [0.1, 0.15) is 0 Å². The molecule has 2 amide bonds. The molecule has 29 heavy (non-hydrogen) atoms. The first kappa shape index (κ1) is 19.3. The van der Waals surface area contributed by atoms with E-state index in [0.29, 0.717) is 18.8 Å². The van der Waals surface area contributed by atoms with E-state index < -0.39 is 4.75 Å². The Balaban J connectivity index is 1.53. The molecule has 3 aromatic rings. The lowest BCUT2D eigenvalue weighted by atomic mass is 10.1. The maximum absolute atomic E-state index is 13.1. The van der Waals surface area contributed by atoms with Crippen LogP contribution in [0.15, 0.2) is 71.9 Å². The molecule has 0 spiro atoms. The van der Waals surface area contributed by atoms with Gasteiger partial charge in [-0.15, -0.1) is 0 Å². The number of para-hydroxylation sites is 1. The first-order valence-corrected chi connectivity index (χ1v) is 10.3. The van der Waals surface area contributed by atoms with Crippen LogP contribution in [0, 0.1) is 0 Å².